The van der Waals surface area contributed by atoms with Crippen LogP contribution in [0.3, 0.4) is 0 Å². The number of aryl methyl sites for hydroxylation is 1. The smallest absolute Gasteiger partial charge is 0.280 e. The van der Waals surface area contributed by atoms with Gasteiger partial charge in [0.1, 0.15) is 6.10 Å². The van der Waals surface area contributed by atoms with Gasteiger partial charge in [-0.3, -0.25) is 10.1 Å². The predicted octanol–water partition coefficient (Wildman–Crippen LogP) is 2.78. The van der Waals surface area contributed by atoms with Crippen molar-refractivity contribution in [2.75, 3.05) is 19.0 Å². The predicted molar refractivity (Wildman–Crippen MR) is 111 cm³/mol. The summed E-state index contributed by atoms with van der Waals surface area (Å²) in [6, 6.07) is 6.12. The first-order chi connectivity index (χ1) is 13.8. The average Bonchev–Trinajstić information content (AvgIpc) is 3.46. The molecule has 1 heterocycles. The molecule has 1 aliphatic carbocycles. The molecule has 156 valence electrons. The monoisotopic (exact) mass is 437 g/mol. The van der Waals surface area contributed by atoms with E-state index in [1.54, 1.807) is 32.4 Å². The van der Waals surface area contributed by atoms with E-state index in [-0.39, 0.29) is 22.0 Å². The van der Waals surface area contributed by atoms with Gasteiger partial charge in [0.05, 0.1) is 16.8 Å². The number of hydrogen-bond acceptors (Lipinski definition) is 8. The molecule has 1 aromatic heterocycles. The van der Waals surface area contributed by atoms with E-state index in [0.29, 0.717) is 30.1 Å². The SMILES string of the molecule is COC[C@@H](C)ON=C(C(=O)Nc1ncc(C)s1)c1ccc(S(=O)(=O)C2CC2)cc1. The van der Waals surface area contributed by atoms with Crippen molar-refractivity contribution < 1.29 is 22.8 Å². The number of benzene rings is 1. The first-order valence-corrected chi connectivity index (χ1v) is 11.5. The van der Waals surface area contributed by atoms with Gasteiger partial charge < -0.3 is 9.57 Å². The van der Waals surface area contributed by atoms with Crippen molar-refractivity contribution in [1.29, 1.82) is 0 Å². The molecule has 0 aliphatic heterocycles. The van der Waals surface area contributed by atoms with E-state index in [4.69, 9.17) is 9.57 Å². The van der Waals surface area contributed by atoms with Crippen LogP contribution in [0, 0.1) is 6.92 Å². The molecule has 3 rings (SSSR count). The third-order valence-corrected chi connectivity index (χ3v) is 7.31. The van der Waals surface area contributed by atoms with Gasteiger partial charge in [-0.25, -0.2) is 13.4 Å². The number of ether oxygens (including phenoxy) is 1. The van der Waals surface area contributed by atoms with Gasteiger partial charge in [0.2, 0.25) is 0 Å². The van der Waals surface area contributed by atoms with Crippen LogP contribution in [0.15, 0.2) is 40.5 Å². The van der Waals surface area contributed by atoms with Crippen molar-refractivity contribution in [3.05, 3.63) is 40.9 Å². The fraction of sp³-hybridized carbons (Fsp3) is 0.421. The molecule has 0 unspecified atom stereocenters. The first-order valence-electron chi connectivity index (χ1n) is 9.12. The molecule has 0 spiro atoms. The minimum atomic E-state index is -3.30. The van der Waals surface area contributed by atoms with Crippen LogP contribution in [-0.2, 0) is 24.2 Å². The summed E-state index contributed by atoms with van der Waals surface area (Å²) in [6.07, 6.45) is 2.68. The van der Waals surface area contributed by atoms with E-state index in [1.165, 1.54) is 23.5 Å². The van der Waals surface area contributed by atoms with E-state index in [2.05, 4.69) is 15.5 Å². The summed E-state index contributed by atoms with van der Waals surface area (Å²) >= 11 is 1.34. The Hall–Kier alpha value is -2.30. The number of thiazole rings is 1. The molecule has 29 heavy (non-hydrogen) atoms. The zero-order chi connectivity index (χ0) is 21.0. The summed E-state index contributed by atoms with van der Waals surface area (Å²) in [4.78, 5) is 23.5. The zero-order valence-electron chi connectivity index (χ0n) is 16.4. The molecule has 0 radical (unpaired) electrons. The van der Waals surface area contributed by atoms with Crippen molar-refractivity contribution in [1.82, 2.24) is 4.98 Å². The Labute approximate surface area is 173 Å². The van der Waals surface area contributed by atoms with Gasteiger partial charge in [0.15, 0.2) is 20.7 Å². The highest BCUT2D eigenvalue weighted by Crippen LogP contribution is 2.33. The van der Waals surface area contributed by atoms with E-state index < -0.39 is 15.7 Å². The topological polar surface area (TPSA) is 107 Å². The molecule has 1 saturated carbocycles. The van der Waals surface area contributed by atoms with Crippen molar-refractivity contribution in [3.63, 3.8) is 0 Å². The van der Waals surface area contributed by atoms with Crippen molar-refractivity contribution in [3.8, 4) is 0 Å². The van der Waals surface area contributed by atoms with Crippen LogP contribution in [0.25, 0.3) is 0 Å². The molecule has 1 atom stereocenters. The van der Waals surface area contributed by atoms with Crippen LogP contribution in [0.5, 0.6) is 0 Å². The molecular formula is C19H23N3O5S2. The molecule has 1 fully saturated rings. The maximum atomic E-state index is 12.8. The standard InChI is InChI=1S/C19H23N3O5S2/c1-12(11-26-3)27-22-17(18(23)21-19-20-10-13(2)28-19)14-4-6-15(7-5-14)29(24,25)16-8-9-16/h4-7,10,12,16H,8-9,11H2,1-3H3,(H,20,21,23)/t12-/m1/s1. The number of nitrogens with zero attached hydrogens (tertiary/aromatic N) is 2. The molecule has 8 nitrogen and oxygen atoms in total. The van der Waals surface area contributed by atoms with E-state index >= 15 is 0 Å². The second kappa shape index (κ2) is 9.02. The summed E-state index contributed by atoms with van der Waals surface area (Å²) < 4.78 is 29.8. The molecule has 0 bridgehead atoms. The van der Waals surface area contributed by atoms with Crippen LogP contribution in [0.4, 0.5) is 5.13 Å². The number of sulfone groups is 1. The number of methoxy groups -OCH3 is 1. The lowest BCUT2D eigenvalue weighted by atomic mass is 10.1. The van der Waals surface area contributed by atoms with Crippen LogP contribution in [0.1, 0.15) is 30.2 Å². The Balaban J connectivity index is 1.85. The summed E-state index contributed by atoms with van der Waals surface area (Å²) in [7, 11) is -1.76. The Bertz CT molecular complexity index is 995. The number of rotatable bonds is 9. The van der Waals surface area contributed by atoms with Crippen molar-refractivity contribution in [2.24, 2.45) is 5.16 Å². The normalized spacial score (nSPS) is 15.8. The molecule has 0 saturated heterocycles. The van der Waals surface area contributed by atoms with Gasteiger partial charge in [0.25, 0.3) is 5.91 Å². The lowest BCUT2D eigenvalue weighted by Crippen LogP contribution is -2.25. The van der Waals surface area contributed by atoms with Gasteiger partial charge in [0, 0.05) is 23.7 Å². The molecular weight excluding hydrogens is 414 g/mol. The number of carbonyl (C=O) groups excluding carboxylic acids is 1. The summed E-state index contributed by atoms with van der Waals surface area (Å²) in [5.41, 5.74) is 0.464. The van der Waals surface area contributed by atoms with Gasteiger partial charge in [-0.1, -0.05) is 17.3 Å². The molecule has 1 amide bonds. The Morgan fingerprint density at radius 1 is 1.34 bits per heavy atom. The summed E-state index contributed by atoms with van der Waals surface area (Å²) in [6.45, 7) is 3.96. The van der Waals surface area contributed by atoms with Crippen molar-refractivity contribution >= 4 is 37.9 Å². The van der Waals surface area contributed by atoms with Crippen LogP contribution < -0.4 is 5.32 Å². The third kappa shape index (κ3) is 5.40. The number of oxime groups is 1. The maximum absolute atomic E-state index is 12.8. The fourth-order valence-electron chi connectivity index (χ4n) is 2.58. The van der Waals surface area contributed by atoms with Crippen LogP contribution >= 0.6 is 11.3 Å². The van der Waals surface area contributed by atoms with Crippen molar-refractivity contribution in [2.45, 2.75) is 42.9 Å². The van der Waals surface area contributed by atoms with Gasteiger partial charge in [-0.2, -0.15) is 0 Å². The molecule has 1 N–H and O–H groups in total. The second-order valence-electron chi connectivity index (χ2n) is 6.81. The minimum Gasteiger partial charge on any atom is -0.390 e. The number of carbonyl (C=O) groups is 1. The highest BCUT2D eigenvalue weighted by atomic mass is 32.2. The first kappa shape index (κ1) is 21.4. The lowest BCUT2D eigenvalue weighted by molar-refractivity contribution is -0.110. The van der Waals surface area contributed by atoms with Gasteiger partial charge in [-0.15, -0.1) is 11.3 Å². The maximum Gasteiger partial charge on any atom is 0.280 e. The Morgan fingerprint density at radius 3 is 2.59 bits per heavy atom. The van der Waals surface area contributed by atoms with Crippen LogP contribution in [-0.4, -0.2) is 50.1 Å². The highest BCUT2D eigenvalue weighted by molar-refractivity contribution is 7.92. The third-order valence-electron chi connectivity index (χ3n) is 4.20. The lowest BCUT2D eigenvalue weighted by Gasteiger charge is -2.11. The minimum absolute atomic E-state index is 0.0242. The van der Waals surface area contributed by atoms with Gasteiger partial charge in [-0.05, 0) is 38.8 Å². The zero-order valence-corrected chi connectivity index (χ0v) is 18.0. The number of hydrogen-bond donors (Lipinski definition) is 1. The Morgan fingerprint density at radius 2 is 2.03 bits per heavy atom. The largest absolute Gasteiger partial charge is 0.390 e. The van der Waals surface area contributed by atoms with E-state index in [1.807, 2.05) is 6.92 Å². The molecule has 1 aliphatic rings. The quantitative estimate of drug-likeness (QED) is 0.477. The summed E-state index contributed by atoms with van der Waals surface area (Å²) in [5, 5.41) is 6.85. The summed E-state index contributed by atoms with van der Waals surface area (Å²) in [5.74, 6) is -0.498. The number of anilines is 1. The van der Waals surface area contributed by atoms with Crippen LogP contribution in [0.2, 0.25) is 0 Å². The number of nitrogens with one attached hydrogen (secondary N) is 1. The molecule has 10 heteroatoms. The van der Waals surface area contributed by atoms with E-state index in [0.717, 1.165) is 4.88 Å². The number of amides is 1. The molecule has 1 aromatic carbocycles. The fourth-order valence-corrected chi connectivity index (χ4v) is 4.89. The highest BCUT2D eigenvalue weighted by Gasteiger charge is 2.36. The number of aromatic nitrogens is 1. The van der Waals surface area contributed by atoms with E-state index in [9.17, 15) is 13.2 Å². The van der Waals surface area contributed by atoms with Gasteiger partial charge >= 0.3 is 0 Å². The molecule has 2 aromatic rings. The average molecular weight is 438 g/mol. The Kier molecular flexibility index (Phi) is 6.66. The second-order valence-corrected chi connectivity index (χ2v) is 10.3.